The Bertz CT molecular complexity index is 388. The quantitative estimate of drug-likeness (QED) is 0.697. The van der Waals surface area contributed by atoms with Crippen LogP contribution < -0.4 is 15.8 Å². The second-order valence-corrected chi connectivity index (χ2v) is 4.52. The molecule has 0 unspecified atom stereocenters. The van der Waals surface area contributed by atoms with Gasteiger partial charge in [0.15, 0.2) is 0 Å². The Kier molecular flexibility index (Phi) is 3.33. The highest BCUT2D eigenvalue weighted by atomic mass is 16.5. The molecule has 2 rings (SSSR count). The highest BCUT2D eigenvalue weighted by Crippen LogP contribution is 2.40. The van der Waals surface area contributed by atoms with Crippen LogP contribution in [0.3, 0.4) is 0 Å². The van der Waals surface area contributed by atoms with E-state index in [0.29, 0.717) is 18.2 Å². The summed E-state index contributed by atoms with van der Waals surface area (Å²) in [5.41, 5.74) is 5.57. The molecule has 0 aromatic carbocycles. The van der Waals surface area contributed by atoms with Crippen molar-refractivity contribution in [1.29, 1.82) is 0 Å². The fourth-order valence-electron chi connectivity index (χ4n) is 1.98. The molecule has 17 heavy (non-hydrogen) atoms. The molecule has 6 nitrogen and oxygen atoms in total. The highest BCUT2D eigenvalue weighted by molar-refractivity contribution is 5.43. The number of nitrogens with zero attached hydrogens (tertiary/aromatic N) is 2. The first kappa shape index (κ1) is 11.9. The Labute approximate surface area is 100 Å². The van der Waals surface area contributed by atoms with Crippen molar-refractivity contribution >= 4 is 11.8 Å². The van der Waals surface area contributed by atoms with E-state index in [4.69, 9.17) is 10.5 Å². The number of aliphatic hydroxyl groups is 1. The smallest absolute Gasteiger partial charge is 0.225 e. The molecule has 0 atom stereocenters. The van der Waals surface area contributed by atoms with Gasteiger partial charge in [-0.3, -0.25) is 0 Å². The van der Waals surface area contributed by atoms with Crippen molar-refractivity contribution in [3.8, 4) is 5.88 Å². The zero-order valence-corrected chi connectivity index (χ0v) is 9.94. The highest BCUT2D eigenvalue weighted by Gasteiger charge is 2.36. The molecule has 0 saturated heterocycles. The van der Waals surface area contributed by atoms with Gasteiger partial charge in [0.2, 0.25) is 11.8 Å². The van der Waals surface area contributed by atoms with Gasteiger partial charge in [-0.2, -0.15) is 9.97 Å². The normalized spacial score (nSPS) is 17.3. The Morgan fingerprint density at radius 1 is 1.53 bits per heavy atom. The number of nitrogen functional groups attached to an aromatic ring is 1. The lowest BCUT2D eigenvalue weighted by atomic mass is 9.69. The van der Waals surface area contributed by atoms with E-state index in [1.165, 1.54) is 13.5 Å². The first-order valence-electron chi connectivity index (χ1n) is 5.71. The summed E-state index contributed by atoms with van der Waals surface area (Å²) in [5, 5.41) is 12.5. The molecule has 0 aliphatic heterocycles. The zero-order valence-electron chi connectivity index (χ0n) is 9.94. The summed E-state index contributed by atoms with van der Waals surface area (Å²) in [6.07, 6.45) is 3.28. The third-order valence-electron chi connectivity index (χ3n) is 3.32. The molecular weight excluding hydrogens is 220 g/mol. The Morgan fingerprint density at radius 3 is 2.82 bits per heavy atom. The molecule has 1 fully saturated rings. The zero-order chi connectivity index (χ0) is 12.3. The number of hydrogen-bond acceptors (Lipinski definition) is 6. The van der Waals surface area contributed by atoms with Crippen molar-refractivity contribution in [3.05, 3.63) is 6.07 Å². The number of rotatable bonds is 5. The van der Waals surface area contributed by atoms with Crippen molar-refractivity contribution in [2.45, 2.75) is 19.3 Å². The first-order valence-corrected chi connectivity index (χ1v) is 5.71. The number of nitrogens with two attached hydrogens (primary N) is 1. The number of aromatic nitrogens is 2. The van der Waals surface area contributed by atoms with Gasteiger partial charge < -0.3 is 20.9 Å². The number of hydrogen-bond donors (Lipinski definition) is 3. The minimum atomic E-state index is 0.00689. The van der Waals surface area contributed by atoms with Gasteiger partial charge in [0.05, 0.1) is 13.7 Å². The van der Waals surface area contributed by atoms with E-state index in [2.05, 4.69) is 15.3 Å². The monoisotopic (exact) mass is 238 g/mol. The van der Waals surface area contributed by atoms with E-state index >= 15 is 0 Å². The maximum absolute atomic E-state index is 9.35. The molecule has 1 saturated carbocycles. The van der Waals surface area contributed by atoms with Crippen LogP contribution in [0.25, 0.3) is 0 Å². The van der Waals surface area contributed by atoms with Gasteiger partial charge in [-0.1, -0.05) is 6.42 Å². The minimum Gasteiger partial charge on any atom is -0.481 e. The molecule has 6 heteroatoms. The van der Waals surface area contributed by atoms with Gasteiger partial charge in [0.25, 0.3) is 0 Å². The van der Waals surface area contributed by atoms with E-state index in [-0.39, 0.29) is 18.0 Å². The van der Waals surface area contributed by atoms with E-state index in [9.17, 15) is 5.11 Å². The second-order valence-electron chi connectivity index (χ2n) is 4.52. The summed E-state index contributed by atoms with van der Waals surface area (Å²) >= 11 is 0. The number of ether oxygens (including phenoxy) is 1. The number of anilines is 2. The van der Waals surface area contributed by atoms with E-state index in [1.807, 2.05) is 0 Å². The number of aliphatic hydroxyl groups excluding tert-OH is 1. The molecular formula is C11H18N4O2. The lowest BCUT2D eigenvalue weighted by molar-refractivity contribution is 0.0575. The molecule has 0 amide bonds. The van der Waals surface area contributed by atoms with Gasteiger partial charge in [-0.25, -0.2) is 0 Å². The van der Waals surface area contributed by atoms with E-state index in [0.717, 1.165) is 12.8 Å². The molecule has 0 bridgehead atoms. The maximum Gasteiger partial charge on any atom is 0.225 e. The van der Waals surface area contributed by atoms with Crippen molar-refractivity contribution in [2.24, 2.45) is 5.41 Å². The van der Waals surface area contributed by atoms with Gasteiger partial charge in [0, 0.05) is 18.0 Å². The fraction of sp³-hybridized carbons (Fsp3) is 0.636. The SMILES string of the molecule is COc1cc(NCC2(CO)CCC2)nc(N)n1. The summed E-state index contributed by atoms with van der Waals surface area (Å²) in [6, 6.07) is 1.69. The molecule has 0 spiro atoms. The van der Waals surface area contributed by atoms with Crippen molar-refractivity contribution in [2.75, 3.05) is 31.3 Å². The molecule has 1 heterocycles. The predicted octanol–water partition coefficient (Wildman–Crippen LogP) is 0.642. The summed E-state index contributed by atoms with van der Waals surface area (Å²) in [4.78, 5) is 7.98. The van der Waals surface area contributed by atoms with Gasteiger partial charge in [-0.15, -0.1) is 0 Å². The molecule has 1 aliphatic carbocycles. The second kappa shape index (κ2) is 4.75. The maximum atomic E-state index is 9.35. The number of methoxy groups -OCH3 is 1. The molecule has 1 aromatic rings. The summed E-state index contributed by atoms with van der Waals surface area (Å²) in [6.45, 7) is 0.904. The molecule has 1 aliphatic rings. The van der Waals surface area contributed by atoms with Crippen LogP contribution in [-0.4, -0.2) is 35.3 Å². The average Bonchev–Trinajstić information content (AvgIpc) is 2.27. The lowest BCUT2D eigenvalue weighted by Gasteiger charge is -2.40. The Balaban J connectivity index is 2.01. The summed E-state index contributed by atoms with van der Waals surface area (Å²) < 4.78 is 5.01. The van der Waals surface area contributed by atoms with E-state index in [1.54, 1.807) is 6.07 Å². The summed E-state index contributed by atoms with van der Waals surface area (Å²) in [7, 11) is 1.53. The van der Waals surface area contributed by atoms with Gasteiger partial charge >= 0.3 is 0 Å². The van der Waals surface area contributed by atoms with Crippen LogP contribution >= 0.6 is 0 Å². The lowest BCUT2D eigenvalue weighted by Crippen LogP contribution is -2.40. The summed E-state index contributed by atoms with van der Waals surface area (Å²) in [5.74, 6) is 1.25. The van der Waals surface area contributed by atoms with Gasteiger partial charge in [-0.05, 0) is 12.8 Å². The third-order valence-corrected chi connectivity index (χ3v) is 3.32. The topological polar surface area (TPSA) is 93.3 Å². The van der Waals surface area contributed by atoms with Crippen LogP contribution in [-0.2, 0) is 0 Å². The molecule has 94 valence electrons. The average molecular weight is 238 g/mol. The molecule has 0 radical (unpaired) electrons. The first-order chi connectivity index (χ1) is 8.17. The fourth-order valence-corrected chi connectivity index (χ4v) is 1.98. The Morgan fingerprint density at radius 2 is 2.29 bits per heavy atom. The Hall–Kier alpha value is -1.56. The van der Waals surface area contributed by atoms with Crippen LogP contribution in [0.15, 0.2) is 6.07 Å². The largest absolute Gasteiger partial charge is 0.481 e. The van der Waals surface area contributed by atoms with Crippen LogP contribution in [0.1, 0.15) is 19.3 Å². The van der Waals surface area contributed by atoms with Crippen molar-refractivity contribution < 1.29 is 9.84 Å². The van der Waals surface area contributed by atoms with E-state index < -0.39 is 0 Å². The van der Waals surface area contributed by atoms with Crippen LogP contribution in [0.2, 0.25) is 0 Å². The molecule has 1 aromatic heterocycles. The predicted molar refractivity (Wildman–Crippen MR) is 64.9 cm³/mol. The van der Waals surface area contributed by atoms with Crippen molar-refractivity contribution in [1.82, 2.24) is 9.97 Å². The van der Waals surface area contributed by atoms with Crippen molar-refractivity contribution in [3.63, 3.8) is 0 Å². The third kappa shape index (κ3) is 2.58. The van der Waals surface area contributed by atoms with Crippen LogP contribution in [0.5, 0.6) is 5.88 Å². The molecule has 4 N–H and O–H groups in total. The van der Waals surface area contributed by atoms with Crippen LogP contribution in [0, 0.1) is 5.41 Å². The minimum absolute atomic E-state index is 0.00689. The van der Waals surface area contributed by atoms with Crippen LogP contribution in [0.4, 0.5) is 11.8 Å². The van der Waals surface area contributed by atoms with Gasteiger partial charge in [0.1, 0.15) is 5.82 Å². The number of nitrogens with one attached hydrogen (secondary N) is 1. The standard InChI is InChI=1S/C11H18N4O2/c1-17-9-5-8(14-10(12)15-9)13-6-11(7-16)3-2-4-11/h5,16H,2-4,6-7H2,1H3,(H3,12,13,14,15).